The molecule has 4 nitrogen and oxygen atoms in total. The third kappa shape index (κ3) is 4.16. The predicted octanol–water partition coefficient (Wildman–Crippen LogP) is 4.38. The van der Waals surface area contributed by atoms with E-state index >= 15 is 0 Å². The van der Waals surface area contributed by atoms with Gasteiger partial charge < -0.3 is 9.64 Å². The molecule has 4 heteroatoms. The third-order valence-electron chi connectivity index (χ3n) is 5.24. The molecule has 2 aromatic rings. The average molecular weight is 377 g/mol. The van der Waals surface area contributed by atoms with Gasteiger partial charge in [-0.15, -0.1) is 0 Å². The van der Waals surface area contributed by atoms with E-state index in [0.717, 1.165) is 28.0 Å². The van der Waals surface area contributed by atoms with Crippen LogP contribution >= 0.6 is 0 Å². The monoisotopic (exact) mass is 377 g/mol. The van der Waals surface area contributed by atoms with Gasteiger partial charge in [0.15, 0.2) is 5.78 Å². The molecular formula is C24H27NO3. The first kappa shape index (κ1) is 19.9. The second kappa shape index (κ2) is 8.42. The summed E-state index contributed by atoms with van der Waals surface area (Å²) < 4.78 is 5.22. The molecule has 146 valence electrons. The number of hydrogen-bond acceptors (Lipinski definition) is 4. The van der Waals surface area contributed by atoms with Crippen LogP contribution in [0.3, 0.4) is 0 Å². The summed E-state index contributed by atoms with van der Waals surface area (Å²) in [5, 5.41) is 0. The van der Waals surface area contributed by atoms with E-state index in [1.54, 1.807) is 13.0 Å². The number of ketones is 1. The molecule has 0 unspecified atom stereocenters. The van der Waals surface area contributed by atoms with Gasteiger partial charge in [-0.2, -0.15) is 0 Å². The first-order valence-electron chi connectivity index (χ1n) is 9.66. The summed E-state index contributed by atoms with van der Waals surface area (Å²) in [4.78, 5) is 27.6. The van der Waals surface area contributed by atoms with E-state index in [4.69, 9.17) is 4.74 Å². The van der Waals surface area contributed by atoms with E-state index in [0.29, 0.717) is 6.42 Å². The highest BCUT2D eigenvalue weighted by atomic mass is 16.5. The zero-order valence-electron chi connectivity index (χ0n) is 16.9. The molecule has 2 aromatic carbocycles. The Hall–Kier alpha value is -2.88. The van der Waals surface area contributed by atoms with Crippen LogP contribution in [0.4, 0.5) is 5.69 Å². The van der Waals surface area contributed by atoms with Gasteiger partial charge in [0.1, 0.15) is 5.92 Å². The van der Waals surface area contributed by atoms with Crippen LogP contribution in [0, 0.1) is 12.8 Å². The maximum Gasteiger partial charge on any atom is 0.317 e. The van der Waals surface area contributed by atoms with Crippen LogP contribution in [-0.2, 0) is 14.3 Å². The molecule has 1 aliphatic carbocycles. The Bertz CT molecular complexity index is 896. The molecule has 2 atom stereocenters. The van der Waals surface area contributed by atoms with E-state index in [1.165, 1.54) is 0 Å². The summed E-state index contributed by atoms with van der Waals surface area (Å²) in [6.07, 6.45) is 2.25. The Kier molecular flexibility index (Phi) is 5.98. The molecular weight excluding hydrogens is 350 g/mol. The fourth-order valence-corrected chi connectivity index (χ4v) is 3.69. The maximum atomic E-state index is 13.0. The number of nitrogens with zero attached hydrogens (tertiary/aromatic N) is 1. The molecule has 0 fully saturated rings. The number of rotatable bonds is 5. The maximum absolute atomic E-state index is 13.0. The lowest BCUT2D eigenvalue weighted by Crippen LogP contribution is -2.34. The second-order valence-electron chi connectivity index (χ2n) is 7.47. The van der Waals surface area contributed by atoms with Crippen molar-refractivity contribution >= 4 is 23.0 Å². The highest BCUT2D eigenvalue weighted by molar-refractivity contribution is 6.10. The smallest absolute Gasteiger partial charge is 0.317 e. The van der Waals surface area contributed by atoms with E-state index in [2.05, 4.69) is 6.07 Å². The summed E-state index contributed by atoms with van der Waals surface area (Å²) in [5.74, 6) is -1.63. The number of anilines is 1. The Morgan fingerprint density at radius 2 is 1.86 bits per heavy atom. The summed E-state index contributed by atoms with van der Waals surface area (Å²) in [7, 11) is 3.98. The van der Waals surface area contributed by atoms with Gasteiger partial charge in [0, 0.05) is 25.7 Å². The number of hydrogen-bond donors (Lipinski definition) is 0. The second-order valence-corrected chi connectivity index (χ2v) is 7.47. The normalized spacial score (nSPS) is 19.1. The van der Waals surface area contributed by atoms with E-state index in [9.17, 15) is 9.59 Å². The Balaban J connectivity index is 2.02. The van der Waals surface area contributed by atoms with Gasteiger partial charge in [-0.3, -0.25) is 9.59 Å². The predicted molar refractivity (Wildman–Crippen MR) is 112 cm³/mol. The highest BCUT2D eigenvalue weighted by Crippen LogP contribution is 2.40. The van der Waals surface area contributed by atoms with Crippen LogP contribution in [0.2, 0.25) is 0 Å². The molecule has 28 heavy (non-hydrogen) atoms. The van der Waals surface area contributed by atoms with Crippen LogP contribution in [0.25, 0.3) is 5.57 Å². The van der Waals surface area contributed by atoms with Crippen molar-refractivity contribution in [3.63, 3.8) is 0 Å². The van der Waals surface area contributed by atoms with Crippen LogP contribution in [-0.4, -0.2) is 32.5 Å². The minimum atomic E-state index is -0.788. The lowest BCUT2D eigenvalue weighted by Gasteiger charge is -2.30. The van der Waals surface area contributed by atoms with Crippen molar-refractivity contribution in [1.29, 1.82) is 0 Å². The van der Waals surface area contributed by atoms with E-state index < -0.39 is 11.9 Å². The van der Waals surface area contributed by atoms with E-state index in [-0.39, 0.29) is 18.3 Å². The number of carbonyl (C=O) groups excluding carboxylic acids is 2. The minimum Gasteiger partial charge on any atom is -0.465 e. The largest absolute Gasteiger partial charge is 0.465 e. The fourth-order valence-electron chi connectivity index (χ4n) is 3.69. The standard InChI is InChI=1S/C24H27NO3/c1-5-28-24(27)23-21(17-11-9-16(2)10-12-17)14-19(15-22(23)26)18-7-6-8-20(13-18)25(3)4/h6-13,15,21,23H,5,14H2,1-4H3/t21-,23-/m0/s1. The van der Waals surface area contributed by atoms with Crippen molar-refractivity contribution in [2.75, 3.05) is 25.6 Å². The Labute approximate surface area is 166 Å². The molecule has 0 radical (unpaired) electrons. The number of aryl methyl sites for hydroxylation is 1. The van der Waals surface area contributed by atoms with Crippen molar-refractivity contribution in [3.05, 3.63) is 71.3 Å². The Morgan fingerprint density at radius 1 is 1.14 bits per heavy atom. The molecule has 0 amide bonds. The molecule has 0 saturated heterocycles. The zero-order valence-corrected chi connectivity index (χ0v) is 16.9. The number of carbonyl (C=O) groups is 2. The quantitative estimate of drug-likeness (QED) is 0.573. The van der Waals surface area contributed by atoms with Crippen LogP contribution in [0.15, 0.2) is 54.6 Å². The van der Waals surface area contributed by atoms with Crippen molar-refractivity contribution in [2.45, 2.75) is 26.2 Å². The summed E-state index contributed by atoms with van der Waals surface area (Å²) in [6, 6.07) is 16.2. The third-order valence-corrected chi connectivity index (χ3v) is 5.24. The molecule has 0 aromatic heterocycles. The number of allylic oxidation sites excluding steroid dienone is 2. The molecule has 0 bridgehead atoms. The first-order valence-corrected chi connectivity index (χ1v) is 9.66. The summed E-state index contributed by atoms with van der Waals surface area (Å²) in [6.45, 7) is 4.06. The van der Waals surface area contributed by atoms with Gasteiger partial charge in [0.25, 0.3) is 0 Å². The lowest BCUT2D eigenvalue weighted by molar-refractivity contribution is -0.151. The SMILES string of the molecule is CCOC(=O)[C@@H]1C(=O)C=C(c2cccc(N(C)C)c2)C[C@H]1c1ccc(C)cc1. The lowest BCUT2D eigenvalue weighted by atomic mass is 9.73. The van der Waals surface area contributed by atoms with Gasteiger partial charge in [0.05, 0.1) is 6.61 Å². The van der Waals surface area contributed by atoms with Gasteiger partial charge in [-0.1, -0.05) is 42.0 Å². The first-order chi connectivity index (χ1) is 13.4. The van der Waals surface area contributed by atoms with Crippen molar-refractivity contribution in [2.24, 2.45) is 5.92 Å². The van der Waals surface area contributed by atoms with Crippen molar-refractivity contribution < 1.29 is 14.3 Å². The van der Waals surface area contributed by atoms with Gasteiger partial charge >= 0.3 is 5.97 Å². The Morgan fingerprint density at radius 3 is 2.50 bits per heavy atom. The van der Waals surface area contributed by atoms with Gasteiger partial charge in [-0.05, 0) is 55.2 Å². The number of esters is 1. The summed E-state index contributed by atoms with van der Waals surface area (Å²) >= 11 is 0. The molecule has 0 spiro atoms. The highest BCUT2D eigenvalue weighted by Gasteiger charge is 2.39. The topological polar surface area (TPSA) is 46.6 Å². The minimum absolute atomic E-state index is 0.180. The van der Waals surface area contributed by atoms with Crippen molar-refractivity contribution in [3.8, 4) is 0 Å². The number of benzene rings is 2. The van der Waals surface area contributed by atoms with Crippen LogP contribution < -0.4 is 4.90 Å². The van der Waals surface area contributed by atoms with E-state index in [1.807, 2.05) is 68.4 Å². The zero-order chi connectivity index (χ0) is 20.3. The average Bonchev–Trinajstić information content (AvgIpc) is 2.68. The molecule has 0 N–H and O–H groups in total. The molecule has 1 aliphatic rings. The molecule has 0 aliphatic heterocycles. The summed E-state index contributed by atoms with van der Waals surface area (Å²) in [5.41, 5.74) is 5.18. The van der Waals surface area contributed by atoms with Gasteiger partial charge in [-0.25, -0.2) is 0 Å². The molecule has 0 heterocycles. The van der Waals surface area contributed by atoms with Crippen LogP contribution in [0.1, 0.15) is 36.0 Å². The van der Waals surface area contributed by atoms with Gasteiger partial charge in [0.2, 0.25) is 0 Å². The molecule has 0 saturated carbocycles. The number of ether oxygens (including phenoxy) is 1. The molecule has 3 rings (SSSR count). The van der Waals surface area contributed by atoms with Crippen molar-refractivity contribution in [1.82, 2.24) is 0 Å². The fraction of sp³-hybridized carbons (Fsp3) is 0.333. The van der Waals surface area contributed by atoms with Crippen LogP contribution in [0.5, 0.6) is 0 Å².